The second kappa shape index (κ2) is 8.48. The Morgan fingerprint density at radius 1 is 0.963 bits per heavy atom. The minimum Gasteiger partial charge on any atom is -0.424 e. The third-order valence-electron chi connectivity index (χ3n) is 4.85. The molecular weight excluding hydrogens is 383 g/mol. The van der Waals surface area contributed by atoms with Crippen LogP contribution in [0.2, 0.25) is 10.0 Å². The van der Waals surface area contributed by atoms with Crippen LogP contribution in [0.4, 0.5) is 6.01 Å². The van der Waals surface area contributed by atoms with Crippen molar-refractivity contribution in [2.24, 2.45) is 0 Å². The van der Waals surface area contributed by atoms with Gasteiger partial charge in [0.25, 0.3) is 6.01 Å². The maximum Gasteiger partial charge on any atom is 0.295 e. The summed E-state index contributed by atoms with van der Waals surface area (Å²) in [5.41, 5.74) is 2.90. The second-order valence-corrected chi connectivity index (χ2v) is 7.59. The van der Waals surface area contributed by atoms with Crippen molar-refractivity contribution in [3.05, 3.63) is 58.1 Å². The van der Waals surface area contributed by atoms with Gasteiger partial charge in [-0.25, -0.2) is 0 Å². The van der Waals surface area contributed by atoms with E-state index in [1.165, 1.54) is 5.56 Å². The van der Waals surface area contributed by atoms with Crippen molar-refractivity contribution in [3.63, 3.8) is 0 Å². The molecule has 1 fully saturated rings. The molecule has 0 aliphatic carbocycles. The number of rotatable bonds is 6. The summed E-state index contributed by atoms with van der Waals surface area (Å²) in [6.07, 6.45) is 0. The molecule has 1 aliphatic rings. The van der Waals surface area contributed by atoms with Crippen LogP contribution in [0, 0.1) is 0 Å². The van der Waals surface area contributed by atoms with Crippen molar-refractivity contribution in [2.75, 3.05) is 44.6 Å². The quantitative estimate of drug-likeness (QED) is 0.660. The Morgan fingerprint density at radius 3 is 2.52 bits per heavy atom. The van der Waals surface area contributed by atoms with Gasteiger partial charge in [0.05, 0.1) is 10.0 Å². The normalized spacial score (nSPS) is 16.1. The topological polar surface area (TPSA) is 44.5 Å². The number of nitrogens with one attached hydrogen (secondary N) is 1. The van der Waals surface area contributed by atoms with Gasteiger partial charge in [-0.05, 0) is 29.8 Å². The average Bonchev–Trinajstić information content (AvgIpc) is 3.09. The van der Waals surface area contributed by atoms with Gasteiger partial charge in [-0.1, -0.05) is 41.4 Å². The molecular formula is C20H22Cl2N4O. The molecule has 4 rings (SSSR count). The molecule has 0 saturated carbocycles. The van der Waals surface area contributed by atoms with Gasteiger partial charge in [0.15, 0.2) is 5.58 Å². The number of nitrogens with zero attached hydrogens (tertiary/aromatic N) is 3. The summed E-state index contributed by atoms with van der Waals surface area (Å²) < 4.78 is 5.69. The van der Waals surface area contributed by atoms with Gasteiger partial charge in [-0.15, -0.1) is 0 Å². The number of hydrogen-bond acceptors (Lipinski definition) is 5. The average molecular weight is 405 g/mol. The van der Waals surface area contributed by atoms with Crippen molar-refractivity contribution in [3.8, 4) is 0 Å². The fraction of sp³-hybridized carbons (Fsp3) is 0.350. The highest BCUT2D eigenvalue weighted by Gasteiger charge is 2.17. The summed E-state index contributed by atoms with van der Waals surface area (Å²) in [5, 5.41) is 4.51. The Balaban J connectivity index is 1.20. The van der Waals surface area contributed by atoms with Crippen LogP contribution in [0.1, 0.15) is 5.56 Å². The minimum absolute atomic E-state index is 0.592. The molecule has 1 N–H and O–H groups in total. The summed E-state index contributed by atoms with van der Waals surface area (Å²) in [6.45, 7) is 6.89. The number of piperazine rings is 1. The Hall–Kier alpha value is -1.79. The molecule has 142 valence electrons. The van der Waals surface area contributed by atoms with Gasteiger partial charge in [0.1, 0.15) is 5.52 Å². The van der Waals surface area contributed by atoms with E-state index >= 15 is 0 Å². The summed E-state index contributed by atoms with van der Waals surface area (Å²) in [7, 11) is 0. The first-order valence-electron chi connectivity index (χ1n) is 9.15. The van der Waals surface area contributed by atoms with E-state index in [0.29, 0.717) is 16.1 Å². The Labute approximate surface area is 168 Å². The van der Waals surface area contributed by atoms with E-state index in [9.17, 15) is 0 Å². The molecule has 0 unspecified atom stereocenters. The standard InChI is InChI=1S/C20H22Cl2N4O/c21-16-6-5-15(13-17(16)22)14-26-11-9-25(10-12-26)8-7-23-20-24-18-3-1-2-4-19(18)27-20/h1-6,13H,7-12,14H2,(H,23,24). The molecule has 1 aromatic heterocycles. The van der Waals surface area contributed by atoms with Gasteiger partial charge < -0.3 is 9.73 Å². The van der Waals surface area contributed by atoms with Crippen LogP contribution >= 0.6 is 23.2 Å². The summed E-state index contributed by atoms with van der Waals surface area (Å²) >= 11 is 12.1. The Kier molecular flexibility index (Phi) is 5.83. The van der Waals surface area contributed by atoms with Gasteiger partial charge in [0.2, 0.25) is 0 Å². The maximum absolute atomic E-state index is 6.11. The zero-order valence-corrected chi connectivity index (χ0v) is 16.5. The number of aromatic nitrogens is 1. The monoisotopic (exact) mass is 404 g/mol. The van der Waals surface area contributed by atoms with Crippen molar-refractivity contribution in [2.45, 2.75) is 6.54 Å². The van der Waals surface area contributed by atoms with Gasteiger partial charge in [-0.2, -0.15) is 4.98 Å². The zero-order valence-electron chi connectivity index (χ0n) is 15.0. The highest BCUT2D eigenvalue weighted by Crippen LogP contribution is 2.23. The predicted octanol–water partition coefficient (Wildman–Crippen LogP) is 4.36. The summed E-state index contributed by atoms with van der Waals surface area (Å²) in [5.74, 6) is 0. The number of benzene rings is 2. The first kappa shape index (κ1) is 18.6. The summed E-state index contributed by atoms with van der Waals surface area (Å²) in [6, 6.07) is 14.3. The lowest BCUT2D eigenvalue weighted by atomic mass is 10.2. The fourth-order valence-electron chi connectivity index (χ4n) is 3.34. The molecule has 0 amide bonds. The van der Waals surface area contributed by atoms with E-state index in [1.54, 1.807) is 0 Å². The maximum atomic E-state index is 6.11. The molecule has 0 bridgehead atoms. The zero-order chi connectivity index (χ0) is 18.6. The minimum atomic E-state index is 0.592. The Bertz CT molecular complexity index is 873. The van der Waals surface area contributed by atoms with Crippen LogP contribution in [0.3, 0.4) is 0 Å². The smallest absolute Gasteiger partial charge is 0.295 e. The van der Waals surface area contributed by atoms with Crippen LogP contribution in [0.15, 0.2) is 46.9 Å². The van der Waals surface area contributed by atoms with Crippen molar-refractivity contribution >= 4 is 40.3 Å². The number of fused-ring (bicyclic) bond motifs is 1. The number of para-hydroxylation sites is 2. The van der Waals surface area contributed by atoms with Crippen molar-refractivity contribution in [1.82, 2.24) is 14.8 Å². The van der Waals surface area contributed by atoms with E-state index in [0.717, 1.165) is 56.9 Å². The molecule has 5 nitrogen and oxygen atoms in total. The first-order valence-corrected chi connectivity index (χ1v) is 9.91. The molecule has 2 aromatic carbocycles. The summed E-state index contributed by atoms with van der Waals surface area (Å²) in [4.78, 5) is 9.35. The third-order valence-corrected chi connectivity index (χ3v) is 5.59. The molecule has 3 aromatic rings. The molecule has 0 radical (unpaired) electrons. The Morgan fingerprint density at radius 2 is 1.74 bits per heavy atom. The van der Waals surface area contributed by atoms with Gasteiger partial charge in [-0.3, -0.25) is 9.80 Å². The van der Waals surface area contributed by atoms with Crippen molar-refractivity contribution in [1.29, 1.82) is 0 Å². The van der Waals surface area contributed by atoms with Crippen LogP contribution in [0.5, 0.6) is 0 Å². The van der Waals surface area contributed by atoms with E-state index in [1.807, 2.05) is 42.5 Å². The van der Waals surface area contributed by atoms with Crippen LogP contribution in [-0.2, 0) is 6.54 Å². The highest BCUT2D eigenvalue weighted by atomic mass is 35.5. The molecule has 1 saturated heterocycles. The predicted molar refractivity (Wildman–Crippen MR) is 111 cm³/mol. The van der Waals surface area contributed by atoms with Crippen molar-refractivity contribution < 1.29 is 4.42 Å². The molecule has 0 spiro atoms. The van der Waals surface area contributed by atoms with Gasteiger partial charge in [0, 0.05) is 45.8 Å². The number of anilines is 1. The highest BCUT2D eigenvalue weighted by molar-refractivity contribution is 6.42. The van der Waals surface area contributed by atoms with Crippen LogP contribution in [0.25, 0.3) is 11.1 Å². The van der Waals surface area contributed by atoms with Crippen LogP contribution < -0.4 is 5.32 Å². The van der Waals surface area contributed by atoms with Gasteiger partial charge >= 0.3 is 0 Å². The lowest BCUT2D eigenvalue weighted by Crippen LogP contribution is -2.47. The van der Waals surface area contributed by atoms with Crippen LogP contribution in [-0.4, -0.2) is 54.1 Å². The lowest BCUT2D eigenvalue weighted by molar-refractivity contribution is 0.130. The molecule has 0 atom stereocenters. The molecule has 7 heteroatoms. The SMILES string of the molecule is Clc1ccc(CN2CCN(CCNc3nc4ccccc4o3)CC2)cc1Cl. The van der Waals surface area contributed by atoms with E-state index < -0.39 is 0 Å². The van der Waals surface area contributed by atoms with E-state index in [2.05, 4.69) is 20.1 Å². The molecule has 1 aliphatic heterocycles. The van der Waals surface area contributed by atoms with E-state index in [-0.39, 0.29) is 0 Å². The lowest BCUT2D eigenvalue weighted by Gasteiger charge is -2.34. The second-order valence-electron chi connectivity index (χ2n) is 6.78. The third kappa shape index (κ3) is 4.74. The number of hydrogen-bond donors (Lipinski definition) is 1. The molecule has 27 heavy (non-hydrogen) atoms. The largest absolute Gasteiger partial charge is 0.424 e. The molecule has 2 heterocycles. The van der Waals surface area contributed by atoms with E-state index in [4.69, 9.17) is 27.6 Å². The number of oxazole rings is 1. The first-order chi connectivity index (χ1) is 13.2. The fourth-order valence-corrected chi connectivity index (χ4v) is 3.66. The number of halogens is 2.